The Labute approximate surface area is 105 Å². The van der Waals surface area contributed by atoms with Crippen LogP contribution in [0.2, 0.25) is 0 Å². The maximum atomic E-state index is 12.5. The van der Waals surface area contributed by atoms with Crippen molar-refractivity contribution in [2.45, 2.75) is 18.2 Å². The second-order valence-electron chi connectivity index (χ2n) is 3.39. The number of alkyl halides is 3. The lowest BCUT2D eigenvalue weighted by Crippen LogP contribution is -2.15. The van der Waals surface area contributed by atoms with E-state index in [4.69, 9.17) is 5.11 Å². The van der Waals surface area contributed by atoms with E-state index in [9.17, 15) is 18.4 Å². The Hall–Kier alpha value is -1.30. The van der Waals surface area contributed by atoms with Gasteiger partial charge in [0, 0.05) is 11.1 Å². The molecule has 0 saturated heterocycles. The van der Waals surface area contributed by atoms with Crippen LogP contribution in [0, 0.1) is 0 Å². The number of carboxylic acids is 1. The van der Waals surface area contributed by atoms with Crippen molar-refractivity contribution < 1.29 is 23.5 Å². The quantitative estimate of drug-likeness (QED) is 0.686. The summed E-state index contributed by atoms with van der Waals surface area (Å²) in [4.78, 5) is 21.9. The number of carbonyl (C=O) groups is 2. The normalized spacial score (nSPS) is 12.5. The molecule has 0 saturated carbocycles. The molecule has 0 spiro atoms. The maximum absolute atomic E-state index is 12.5. The molecule has 1 atom stereocenters. The molecule has 92 valence electrons. The molecule has 0 aromatic heterocycles. The van der Waals surface area contributed by atoms with Crippen LogP contribution in [0.4, 0.5) is 8.78 Å². The zero-order chi connectivity index (χ0) is 13.2. The van der Waals surface area contributed by atoms with Gasteiger partial charge in [0.05, 0.1) is 10.4 Å². The number of carboxylic acid groups (broad SMARTS) is 1. The molecule has 6 heteroatoms. The van der Waals surface area contributed by atoms with E-state index in [2.05, 4.69) is 15.9 Å². The van der Waals surface area contributed by atoms with E-state index in [-0.39, 0.29) is 16.7 Å². The van der Waals surface area contributed by atoms with Gasteiger partial charge in [-0.2, -0.15) is 0 Å². The fourth-order valence-electron chi connectivity index (χ4n) is 1.30. The van der Waals surface area contributed by atoms with Gasteiger partial charge in [-0.15, -0.1) is 0 Å². The van der Waals surface area contributed by atoms with Crippen molar-refractivity contribution in [2.24, 2.45) is 0 Å². The number of carbonyl (C=O) groups excluding carboxylic acids is 1. The second-order valence-corrected chi connectivity index (χ2v) is 4.76. The Bertz CT molecular complexity index is 458. The highest BCUT2D eigenvalue weighted by Gasteiger charge is 2.22. The summed E-state index contributed by atoms with van der Waals surface area (Å²) >= 11 is 2.99. The molecule has 0 fully saturated rings. The number of benzene rings is 1. The van der Waals surface area contributed by atoms with E-state index < -0.39 is 23.0 Å². The molecule has 0 aliphatic carbocycles. The van der Waals surface area contributed by atoms with Crippen LogP contribution in [0.5, 0.6) is 0 Å². The number of rotatable bonds is 4. The Kier molecular flexibility index (Phi) is 4.34. The van der Waals surface area contributed by atoms with Gasteiger partial charge in [0.25, 0.3) is 6.43 Å². The number of Topliss-reactive ketones (excluding diaryl/α,β-unsaturated/α-hetero) is 1. The molecule has 3 nitrogen and oxygen atoms in total. The molecule has 0 amide bonds. The minimum atomic E-state index is -2.74. The van der Waals surface area contributed by atoms with Gasteiger partial charge < -0.3 is 5.11 Å². The highest BCUT2D eigenvalue weighted by molar-refractivity contribution is 9.10. The Balaban J connectivity index is 3.35. The first kappa shape index (κ1) is 13.8. The molecule has 17 heavy (non-hydrogen) atoms. The lowest BCUT2D eigenvalue weighted by molar-refractivity contribution is 0.0691. The number of hydrogen-bond acceptors (Lipinski definition) is 2. The molecular weight excluding hydrogens is 298 g/mol. The van der Waals surface area contributed by atoms with Gasteiger partial charge in [-0.3, -0.25) is 4.79 Å². The Morgan fingerprint density at radius 3 is 2.29 bits per heavy atom. The van der Waals surface area contributed by atoms with Crippen LogP contribution in [0.3, 0.4) is 0 Å². The zero-order valence-corrected chi connectivity index (χ0v) is 10.4. The predicted molar refractivity (Wildman–Crippen MR) is 61.1 cm³/mol. The molecule has 1 unspecified atom stereocenters. The third-order valence-electron chi connectivity index (χ3n) is 2.15. The molecule has 0 heterocycles. The van der Waals surface area contributed by atoms with Gasteiger partial charge in [-0.05, 0) is 19.1 Å². The minimum absolute atomic E-state index is 0.209. The van der Waals surface area contributed by atoms with Crippen LogP contribution in [0.15, 0.2) is 18.2 Å². The smallest absolute Gasteiger partial charge is 0.336 e. The summed E-state index contributed by atoms with van der Waals surface area (Å²) in [5.41, 5.74) is -0.850. The Morgan fingerprint density at radius 1 is 1.29 bits per heavy atom. The lowest BCUT2D eigenvalue weighted by Gasteiger charge is -2.09. The molecule has 1 rings (SSSR count). The average Bonchev–Trinajstić information content (AvgIpc) is 2.26. The Morgan fingerprint density at radius 2 is 1.88 bits per heavy atom. The van der Waals surface area contributed by atoms with Crippen molar-refractivity contribution in [3.63, 3.8) is 0 Å². The van der Waals surface area contributed by atoms with E-state index in [0.717, 1.165) is 18.2 Å². The van der Waals surface area contributed by atoms with E-state index in [1.54, 1.807) is 0 Å². The summed E-state index contributed by atoms with van der Waals surface area (Å²) in [7, 11) is 0. The summed E-state index contributed by atoms with van der Waals surface area (Å²) in [6.45, 7) is 1.50. The van der Waals surface area contributed by atoms with Crippen molar-refractivity contribution in [2.75, 3.05) is 0 Å². The van der Waals surface area contributed by atoms with E-state index >= 15 is 0 Å². The van der Waals surface area contributed by atoms with Gasteiger partial charge in [0.15, 0.2) is 5.78 Å². The number of halogens is 3. The van der Waals surface area contributed by atoms with Crippen LogP contribution < -0.4 is 0 Å². The van der Waals surface area contributed by atoms with E-state index in [0.29, 0.717) is 0 Å². The maximum Gasteiger partial charge on any atom is 0.336 e. The fourth-order valence-corrected chi connectivity index (χ4v) is 1.55. The highest BCUT2D eigenvalue weighted by Crippen LogP contribution is 2.24. The van der Waals surface area contributed by atoms with Crippen molar-refractivity contribution in [1.82, 2.24) is 0 Å². The molecule has 1 aromatic rings. The first-order valence-electron chi connectivity index (χ1n) is 4.68. The highest BCUT2D eigenvalue weighted by atomic mass is 79.9. The summed E-state index contributed by atoms with van der Waals surface area (Å²) in [6, 6.07) is 2.95. The monoisotopic (exact) mass is 306 g/mol. The van der Waals surface area contributed by atoms with Crippen molar-refractivity contribution in [1.29, 1.82) is 0 Å². The van der Waals surface area contributed by atoms with Gasteiger partial charge in [0.2, 0.25) is 0 Å². The summed E-state index contributed by atoms with van der Waals surface area (Å²) in [6.07, 6.45) is -2.74. The third-order valence-corrected chi connectivity index (χ3v) is 2.57. The molecule has 0 aliphatic rings. The molecule has 0 bridgehead atoms. The SMILES string of the molecule is CC(Br)C(=O)c1cc(C(F)F)ccc1C(=O)O. The second kappa shape index (κ2) is 5.35. The molecule has 0 aliphatic heterocycles. The molecule has 1 N–H and O–H groups in total. The predicted octanol–water partition coefficient (Wildman–Crippen LogP) is 3.29. The third kappa shape index (κ3) is 3.09. The van der Waals surface area contributed by atoms with Crippen molar-refractivity contribution in [3.05, 3.63) is 34.9 Å². The first-order chi connectivity index (χ1) is 7.84. The van der Waals surface area contributed by atoms with Gasteiger partial charge in [-0.25, -0.2) is 13.6 Å². The number of hydrogen-bond donors (Lipinski definition) is 1. The minimum Gasteiger partial charge on any atom is -0.478 e. The van der Waals surface area contributed by atoms with Crippen molar-refractivity contribution >= 4 is 27.7 Å². The lowest BCUT2D eigenvalue weighted by atomic mass is 9.99. The fraction of sp³-hybridized carbons (Fsp3) is 0.273. The van der Waals surface area contributed by atoms with Crippen LogP contribution in [-0.4, -0.2) is 21.7 Å². The van der Waals surface area contributed by atoms with Gasteiger partial charge in [0.1, 0.15) is 0 Å². The van der Waals surface area contributed by atoms with Crippen LogP contribution in [-0.2, 0) is 0 Å². The largest absolute Gasteiger partial charge is 0.478 e. The topological polar surface area (TPSA) is 54.4 Å². The summed E-state index contributed by atoms with van der Waals surface area (Å²) in [5.74, 6) is -1.85. The molecule has 0 radical (unpaired) electrons. The van der Waals surface area contributed by atoms with Crippen LogP contribution in [0.1, 0.15) is 39.6 Å². The van der Waals surface area contributed by atoms with Gasteiger partial charge >= 0.3 is 5.97 Å². The van der Waals surface area contributed by atoms with E-state index in [1.807, 2.05) is 0 Å². The van der Waals surface area contributed by atoms with E-state index in [1.165, 1.54) is 6.92 Å². The van der Waals surface area contributed by atoms with Crippen LogP contribution >= 0.6 is 15.9 Å². The molecule has 1 aromatic carbocycles. The van der Waals surface area contributed by atoms with Gasteiger partial charge in [-0.1, -0.05) is 22.0 Å². The number of aromatic carboxylic acids is 1. The van der Waals surface area contributed by atoms with Crippen LogP contribution in [0.25, 0.3) is 0 Å². The summed E-state index contributed by atoms with van der Waals surface area (Å²) < 4.78 is 24.9. The zero-order valence-electron chi connectivity index (χ0n) is 8.78. The average molecular weight is 307 g/mol. The molecular formula is C11H9BrF2O3. The standard InChI is InChI=1S/C11H9BrF2O3/c1-5(12)9(15)8-4-6(10(13)14)2-3-7(8)11(16)17/h2-5,10H,1H3,(H,16,17). The van der Waals surface area contributed by atoms with Crippen molar-refractivity contribution in [3.8, 4) is 0 Å². The summed E-state index contributed by atoms with van der Waals surface area (Å²) in [5, 5.41) is 8.87. The number of ketones is 1. The first-order valence-corrected chi connectivity index (χ1v) is 5.59.